The van der Waals surface area contributed by atoms with Crippen molar-refractivity contribution in [3.8, 4) is 11.5 Å². The van der Waals surface area contributed by atoms with Crippen LogP contribution in [0.5, 0.6) is 11.5 Å². The maximum Gasteiger partial charge on any atom is 0.127 e. The van der Waals surface area contributed by atoms with E-state index in [-0.39, 0.29) is 0 Å². The van der Waals surface area contributed by atoms with Crippen LogP contribution < -0.4 is 9.47 Å². The summed E-state index contributed by atoms with van der Waals surface area (Å²) in [5.74, 6) is 2.19. The van der Waals surface area contributed by atoms with E-state index >= 15 is 0 Å². The molecule has 0 N–H and O–H groups in total. The van der Waals surface area contributed by atoms with Gasteiger partial charge in [0.15, 0.2) is 0 Å². The molecule has 0 bridgehead atoms. The van der Waals surface area contributed by atoms with Crippen molar-refractivity contribution in [1.29, 1.82) is 0 Å². The number of methoxy groups -OCH3 is 2. The van der Waals surface area contributed by atoms with Gasteiger partial charge >= 0.3 is 0 Å². The van der Waals surface area contributed by atoms with E-state index in [9.17, 15) is 0 Å². The minimum atomic E-state index is 0.479. The Morgan fingerprint density at radius 3 is 2.70 bits per heavy atom. The summed E-state index contributed by atoms with van der Waals surface area (Å²) in [6.45, 7) is 3.02. The zero-order valence-corrected chi connectivity index (χ0v) is 16.0. The van der Waals surface area contributed by atoms with Gasteiger partial charge in [-0.2, -0.15) is 0 Å². The molecular weight excluding hydrogens is 336 g/mol. The van der Waals surface area contributed by atoms with Gasteiger partial charge in [0.2, 0.25) is 0 Å². The van der Waals surface area contributed by atoms with Crippen LogP contribution in [0.2, 0.25) is 0 Å². The van der Waals surface area contributed by atoms with Crippen molar-refractivity contribution < 1.29 is 9.47 Å². The first-order valence-electron chi connectivity index (χ1n) is 9.55. The maximum atomic E-state index is 5.57. The lowest BCUT2D eigenvalue weighted by atomic mass is 9.93. The fraction of sp³-hybridized carbons (Fsp3) is 0.348. The van der Waals surface area contributed by atoms with E-state index in [1.807, 2.05) is 18.3 Å². The number of hydrogen-bond donors (Lipinski definition) is 0. The van der Waals surface area contributed by atoms with E-state index in [0.717, 1.165) is 31.1 Å². The lowest BCUT2D eigenvalue weighted by molar-refractivity contribution is 0.196. The van der Waals surface area contributed by atoms with Crippen LogP contribution in [0.1, 0.15) is 30.0 Å². The first-order valence-corrected chi connectivity index (χ1v) is 9.55. The van der Waals surface area contributed by atoms with Gasteiger partial charge in [-0.05, 0) is 36.9 Å². The normalized spacial score (nSPS) is 17.8. The van der Waals surface area contributed by atoms with Crippen molar-refractivity contribution >= 4 is 10.8 Å². The topological polar surface area (TPSA) is 34.6 Å². The van der Waals surface area contributed by atoms with Gasteiger partial charge in [0, 0.05) is 47.9 Å². The maximum absolute atomic E-state index is 5.57. The Bertz CT molecular complexity index is 925. The Morgan fingerprint density at radius 2 is 1.89 bits per heavy atom. The monoisotopic (exact) mass is 362 g/mol. The molecular formula is C23H26N2O2. The van der Waals surface area contributed by atoms with Crippen LogP contribution in [0.25, 0.3) is 10.8 Å². The van der Waals surface area contributed by atoms with Gasteiger partial charge in [0.25, 0.3) is 0 Å². The summed E-state index contributed by atoms with van der Waals surface area (Å²) in [6, 6.07) is 16.8. The third-order valence-corrected chi connectivity index (χ3v) is 5.46. The van der Waals surface area contributed by atoms with E-state index < -0.39 is 0 Å². The fourth-order valence-electron chi connectivity index (χ4n) is 3.99. The molecule has 2 heterocycles. The minimum Gasteiger partial charge on any atom is -0.497 e. The number of benzene rings is 2. The number of rotatable bonds is 5. The van der Waals surface area contributed by atoms with Gasteiger partial charge in [-0.1, -0.05) is 30.3 Å². The SMILES string of the molecule is COc1ccc(CN2CCC[C@@H](c3cc4ccccc4cn3)C2)c(OC)c1. The third kappa shape index (κ3) is 3.91. The lowest BCUT2D eigenvalue weighted by Crippen LogP contribution is -2.34. The van der Waals surface area contributed by atoms with Crippen molar-refractivity contribution in [2.75, 3.05) is 27.3 Å². The second-order valence-corrected chi connectivity index (χ2v) is 7.21. The molecule has 0 spiro atoms. The number of pyridine rings is 1. The Hall–Kier alpha value is -2.59. The van der Waals surface area contributed by atoms with Crippen LogP contribution in [0.4, 0.5) is 0 Å². The van der Waals surface area contributed by atoms with Crippen LogP contribution in [0, 0.1) is 0 Å². The number of nitrogens with zero attached hydrogens (tertiary/aromatic N) is 2. The van der Waals surface area contributed by atoms with Gasteiger partial charge in [-0.25, -0.2) is 0 Å². The zero-order valence-electron chi connectivity index (χ0n) is 16.0. The first kappa shape index (κ1) is 17.8. The summed E-state index contributed by atoms with van der Waals surface area (Å²) in [5, 5.41) is 2.48. The standard InChI is InChI=1S/C23H26N2O2/c1-26-21-10-9-20(23(13-21)27-2)16-25-11-5-8-19(15-25)22-12-17-6-3-4-7-18(17)14-24-22/h3-4,6-7,9-10,12-14,19H,5,8,11,15-16H2,1-2H3/t19-/m1/s1. The van der Waals surface area contributed by atoms with Gasteiger partial charge < -0.3 is 9.47 Å². The molecule has 0 aliphatic carbocycles. The molecule has 4 heteroatoms. The largest absolute Gasteiger partial charge is 0.497 e. The Morgan fingerprint density at radius 1 is 1.04 bits per heavy atom. The quantitative estimate of drug-likeness (QED) is 0.663. The number of fused-ring (bicyclic) bond motifs is 1. The summed E-state index contributed by atoms with van der Waals surface area (Å²) in [4.78, 5) is 7.27. The molecule has 2 aromatic carbocycles. The smallest absolute Gasteiger partial charge is 0.127 e. The average Bonchev–Trinajstić information content (AvgIpc) is 2.74. The van der Waals surface area contributed by atoms with Crippen molar-refractivity contribution in [1.82, 2.24) is 9.88 Å². The summed E-state index contributed by atoms with van der Waals surface area (Å²) < 4.78 is 10.9. The number of likely N-dealkylation sites (tertiary alicyclic amines) is 1. The Kier molecular flexibility index (Phi) is 5.26. The fourth-order valence-corrected chi connectivity index (χ4v) is 3.99. The predicted octanol–water partition coefficient (Wildman–Crippen LogP) is 4.63. The van der Waals surface area contributed by atoms with Crippen LogP contribution in [0.3, 0.4) is 0 Å². The Balaban J connectivity index is 1.51. The summed E-state index contributed by atoms with van der Waals surface area (Å²) in [7, 11) is 3.40. The molecule has 0 radical (unpaired) electrons. The molecule has 0 saturated carbocycles. The highest BCUT2D eigenvalue weighted by molar-refractivity contribution is 5.81. The Labute approximate surface area is 160 Å². The van der Waals surface area contributed by atoms with Crippen LogP contribution >= 0.6 is 0 Å². The molecule has 1 aromatic heterocycles. The molecule has 140 valence electrons. The number of piperidine rings is 1. The van der Waals surface area contributed by atoms with Crippen molar-refractivity contribution in [3.05, 3.63) is 66.0 Å². The average molecular weight is 362 g/mol. The molecule has 1 saturated heterocycles. The first-order chi connectivity index (χ1) is 13.3. The van der Waals surface area contributed by atoms with Crippen molar-refractivity contribution in [3.63, 3.8) is 0 Å². The predicted molar refractivity (Wildman–Crippen MR) is 109 cm³/mol. The second kappa shape index (κ2) is 7.97. The highest BCUT2D eigenvalue weighted by Crippen LogP contribution is 2.31. The molecule has 4 nitrogen and oxygen atoms in total. The molecule has 3 aromatic rings. The van der Waals surface area contributed by atoms with Crippen LogP contribution in [0.15, 0.2) is 54.7 Å². The summed E-state index contributed by atoms with van der Waals surface area (Å²) >= 11 is 0. The molecule has 1 fully saturated rings. The van der Waals surface area contributed by atoms with E-state index in [1.54, 1.807) is 14.2 Å². The number of aromatic nitrogens is 1. The molecule has 0 amide bonds. The number of ether oxygens (including phenoxy) is 2. The van der Waals surface area contributed by atoms with Gasteiger partial charge in [0.05, 0.1) is 14.2 Å². The molecule has 1 atom stereocenters. The van der Waals surface area contributed by atoms with Gasteiger partial charge in [0.1, 0.15) is 11.5 Å². The summed E-state index contributed by atoms with van der Waals surface area (Å²) in [6.07, 6.45) is 4.40. The van der Waals surface area contributed by atoms with Gasteiger partial charge in [-0.15, -0.1) is 0 Å². The van der Waals surface area contributed by atoms with E-state index in [1.165, 1.54) is 34.9 Å². The molecule has 1 aliphatic heterocycles. The third-order valence-electron chi connectivity index (χ3n) is 5.46. The minimum absolute atomic E-state index is 0.479. The molecule has 4 rings (SSSR count). The van der Waals surface area contributed by atoms with E-state index in [0.29, 0.717) is 5.92 Å². The van der Waals surface area contributed by atoms with Crippen LogP contribution in [-0.2, 0) is 6.54 Å². The highest BCUT2D eigenvalue weighted by Gasteiger charge is 2.23. The van der Waals surface area contributed by atoms with Crippen molar-refractivity contribution in [2.24, 2.45) is 0 Å². The highest BCUT2D eigenvalue weighted by atomic mass is 16.5. The van der Waals surface area contributed by atoms with Crippen LogP contribution in [-0.4, -0.2) is 37.2 Å². The molecule has 0 unspecified atom stereocenters. The zero-order chi connectivity index (χ0) is 18.6. The van der Waals surface area contributed by atoms with E-state index in [2.05, 4.69) is 41.3 Å². The molecule has 1 aliphatic rings. The second-order valence-electron chi connectivity index (χ2n) is 7.21. The molecule has 27 heavy (non-hydrogen) atoms. The van der Waals surface area contributed by atoms with E-state index in [4.69, 9.17) is 14.5 Å². The van der Waals surface area contributed by atoms with Crippen molar-refractivity contribution in [2.45, 2.75) is 25.3 Å². The summed E-state index contributed by atoms with van der Waals surface area (Å²) in [5.41, 5.74) is 2.41. The lowest BCUT2D eigenvalue weighted by Gasteiger charge is -2.33. The number of hydrogen-bond acceptors (Lipinski definition) is 4. The van der Waals surface area contributed by atoms with Gasteiger partial charge in [-0.3, -0.25) is 9.88 Å².